The fraction of sp³-hybridized carbons (Fsp3) is 0.500. The molecule has 0 fully saturated rings. The molecule has 0 radical (unpaired) electrons. The van der Waals surface area contributed by atoms with Gasteiger partial charge in [-0.3, -0.25) is 4.79 Å². The van der Waals surface area contributed by atoms with Crippen molar-refractivity contribution in [1.29, 1.82) is 0 Å². The van der Waals surface area contributed by atoms with Crippen LogP contribution in [0, 0.1) is 0 Å². The summed E-state index contributed by atoms with van der Waals surface area (Å²) in [5.74, 6) is -2.04. The minimum absolute atomic E-state index is 0.0549. The molecule has 0 heterocycles. The zero-order valence-corrected chi connectivity index (χ0v) is 13.8. The molecule has 130 valence electrons. The highest BCUT2D eigenvalue weighted by molar-refractivity contribution is 7.89. The van der Waals surface area contributed by atoms with Crippen molar-refractivity contribution < 1.29 is 26.4 Å². The topological polar surface area (TPSA) is 66.5 Å². The highest BCUT2D eigenvalue weighted by Gasteiger charge is 2.39. The Hall–Kier alpha value is -1.61. The summed E-state index contributed by atoms with van der Waals surface area (Å²) in [5, 5.41) is 1.82. The fourth-order valence-corrected chi connectivity index (χ4v) is 3.46. The van der Waals surface area contributed by atoms with E-state index in [0.29, 0.717) is 18.7 Å². The minimum atomic E-state index is -4.96. The standard InChI is InChI=1S/C14H19F3N2O3S/c1-4-19(5-2)23(21,22)12-8-6-11(7-9-12)10(3)18-13(20)14(15,16)17/h6-10H,4-5H2,1-3H3,(H,18,20)/t10-/m1/s1. The van der Waals surface area contributed by atoms with Crippen molar-refractivity contribution in [2.45, 2.75) is 37.9 Å². The molecule has 9 heteroatoms. The summed E-state index contributed by atoms with van der Waals surface area (Å²) in [6, 6.07) is 4.52. The summed E-state index contributed by atoms with van der Waals surface area (Å²) in [4.78, 5) is 11.0. The number of hydrogen-bond donors (Lipinski definition) is 1. The lowest BCUT2D eigenvalue weighted by Crippen LogP contribution is -2.38. The Bertz CT molecular complexity index is 638. The van der Waals surface area contributed by atoms with E-state index in [1.807, 2.05) is 5.32 Å². The molecule has 0 spiro atoms. The summed E-state index contributed by atoms with van der Waals surface area (Å²) in [6.45, 7) is 5.45. The van der Waals surface area contributed by atoms with E-state index in [4.69, 9.17) is 0 Å². The van der Waals surface area contributed by atoms with E-state index >= 15 is 0 Å². The molecular weight excluding hydrogens is 333 g/mol. The molecule has 0 bridgehead atoms. The smallest absolute Gasteiger partial charge is 0.342 e. The number of sulfonamides is 1. The number of amides is 1. The SMILES string of the molecule is CCN(CC)S(=O)(=O)c1ccc([C@@H](C)NC(=O)C(F)(F)F)cc1. The maximum absolute atomic E-state index is 12.3. The van der Waals surface area contributed by atoms with Crippen LogP contribution < -0.4 is 5.32 Å². The predicted octanol–water partition coefficient (Wildman–Crippen LogP) is 2.46. The average molecular weight is 352 g/mol. The molecule has 0 aromatic heterocycles. The number of halogens is 3. The van der Waals surface area contributed by atoms with Crippen molar-refractivity contribution in [2.24, 2.45) is 0 Å². The number of nitrogens with zero attached hydrogens (tertiary/aromatic N) is 1. The first-order chi connectivity index (χ1) is 10.5. The van der Waals surface area contributed by atoms with Crippen LogP contribution in [0.25, 0.3) is 0 Å². The number of nitrogens with one attached hydrogen (secondary N) is 1. The van der Waals surface area contributed by atoms with Gasteiger partial charge in [0.25, 0.3) is 0 Å². The fourth-order valence-electron chi connectivity index (χ4n) is 2.00. The second-order valence-corrected chi connectivity index (χ2v) is 6.79. The Labute approximate surface area is 133 Å². The summed E-state index contributed by atoms with van der Waals surface area (Å²) >= 11 is 0. The largest absolute Gasteiger partial charge is 0.471 e. The maximum Gasteiger partial charge on any atom is 0.471 e. The van der Waals surface area contributed by atoms with E-state index in [0.717, 1.165) is 0 Å². The van der Waals surface area contributed by atoms with Crippen molar-refractivity contribution >= 4 is 15.9 Å². The Balaban J connectivity index is 2.95. The van der Waals surface area contributed by atoms with Gasteiger partial charge in [0.1, 0.15) is 0 Å². The number of alkyl halides is 3. The summed E-state index contributed by atoms with van der Waals surface area (Å²) < 4.78 is 62.5. The van der Waals surface area contributed by atoms with E-state index in [2.05, 4.69) is 0 Å². The lowest BCUT2D eigenvalue weighted by Gasteiger charge is -2.19. The molecule has 0 unspecified atom stereocenters. The number of benzene rings is 1. The Morgan fingerprint density at radius 3 is 2.04 bits per heavy atom. The lowest BCUT2D eigenvalue weighted by atomic mass is 10.1. The Morgan fingerprint density at radius 2 is 1.65 bits per heavy atom. The van der Waals surface area contributed by atoms with Crippen LogP contribution >= 0.6 is 0 Å². The molecule has 5 nitrogen and oxygen atoms in total. The molecule has 0 saturated heterocycles. The summed E-state index contributed by atoms with van der Waals surface area (Å²) in [6.07, 6.45) is -4.96. The quantitative estimate of drug-likeness (QED) is 0.855. The van der Waals surface area contributed by atoms with E-state index in [1.54, 1.807) is 13.8 Å². The van der Waals surface area contributed by atoms with E-state index < -0.39 is 28.1 Å². The molecule has 1 N–H and O–H groups in total. The van der Waals surface area contributed by atoms with E-state index in [9.17, 15) is 26.4 Å². The molecule has 0 aliphatic carbocycles. The molecule has 1 rings (SSSR count). The third-order valence-corrected chi connectivity index (χ3v) is 5.39. The third-order valence-electron chi connectivity index (χ3n) is 3.33. The van der Waals surface area contributed by atoms with Crippen LogP contribution in [-0.2, 0) is 14.8 Å². The molecule has 0 aliphatic heterocycles. The van der Waals surface area contributed by atoms with Crippen LogP contribution in [0.3, 0.4) is 0 Å². The van der Waals surface area contributed by atoms with Gasteiger partial charge in [-0.25, -0.2) is 8.42 Å². The molecule has 0 saturated carbocycles. The lowest BCUT2D eigenvalue weighted by molar-refractivity contribution is -0.174. The molecule has 1 aromatic carbocycles. The second kappa shape index (κ2) is 7.31. The van der Waals surface area contributed by atoms with Crippen LogP contribution in [0.15, 0.2) is 29.2 Å². The second-order valence-electron chi connectivity index (χ2n) is 4.85. The normalized spacial score (nSPS) is 13.9. The zero-order valence-electron chi connectivity index (χ0n) is 13.0. The Kier molecular flexibility index (Phi) is 6.18. The van der Waals surface area contributed by atoms with Crippen LogP contribution in [0.4, 0.5) is 13.2 Å². The highest BCUT2D eigenvalue weighted by atomic mass is 32.2. The first kappa shape index (κ1) is 19.4. The minimum Gasteiger partial charge on any atom is -0.342 e. The summed E-state index contributed by atoms with van der Waals surface area (Å²) in [5.41, 5.74) is 0.376. The molecular formula is C14H19F3N2O3S. The van der Waals surface area contributed by atoms with Gasteiger partial charge in [0.15, 0.2) is 0 Å². The van der Waals surface area contributed by atoms with Gasteiger partial charge in [-0.05, 0) is 24.6 Å². The molecule has 1 amide bonds. The highest BCUT2D eigenvalue weighted by Crippen LogP contribution is 2.21. The average Bonchev–Trinajstić information content (AvgIpc) is 2.47. The number of hydrogen-bond acceptors (Lipinski definition) is 3. The number of carbonyl (C=O) groups is 1. The maximum atomic E-state index is 12.3. The number of carbonyl (C=O) groups excluding carboxylic acids is 1. The number of rotatable bonds is 6. The molecule has 0 aliphatic rings. The molecule has 1 aromatic rings. The van der Waals surface area contributed by atoms with Crippen molar-refractivity contribution in [3.63, 3.8) is 0 Å². The predicted molar refractivity (Wildman–Crippen MR) is 79.2 cm³/mol. The van der Waals surface area contributed by atoms with Crippen LogP contribution in [-0.4, -0.2) is 37.9 Å². The van der Waals surface area contributed by atoms with Crippen molar-refractivity contribution in [3.05, 3.63) is 29.8 Å². The summed E-state index contributed by atoms with van der Waals surface area (Å²) in [7, 11) is -3.62. The first-order valence-electron chi connectivity index (χ1n) is 7.01. The molecule has 1 atom stereocenters. The van der Waals surface area contributed by atoms with Crippen LogP contribution in [0.2, 0.25) is 0 Å². The first-order valence-corrected chi connectivity index (χ1v) is 8.45. The zero-order chi connectivity index (χ0) is 17.8. The van der Waals surface area contributed by atoms with Gasteiger partial charge in [-0.15, -0.1) is 0 Å². The van der Waals surface area contributed by atoms with E-state index in [-0.39, 0.29) is 4.90 Å². The molecule has 23 heavy (non-hydrogen) atoms. The van der Waals surface area contributed by atoms with Gasteiger partial charge in [-0.2, -0.15) is 17.5 Å². The van der Waals surface area contributed by atoms with Gasteiger partial charge in [0.05, 0.1) is 10.9 Å². The Morgan fingerprint density at radius 1 is 1.17 bits per heavy atom. The van der Waals surface area contributed by atoms with Crippen LogP contribution in [0.5, 0.6) is 0 Å². The van der Waals surface area contributed by atoms with Gasteiger partial charge < -0.3 is 5.32 Å². The monoisotopic (exact) mass is 352 g/mol. The van der Waals surface area contributed by atoms with E-state index in [1.165, 1.54) is 35.5 Å². The van der Waals surface area contributed by atoms with Gasteiger partial charge in [-0.1, -0.05) is 26.0 Å². The van der Waals surface area contributed by atoms with Crippen molar-refractivity contribution in [3.8, 4) is 0 Å². The van der Waals surface area contributed by atoms with Crippen molar-refractivity contribution in [2.75, 3.05) is 13.1 Å². The van der Waals surface area contributed by atoms with Gasteiger partial charge in [0.2, 0.25) is 10.0 Å². The van der Waals surface area contributed by atoms with Crippen molar-refractivity contribution in [1.82, 2.24) is 9.62 Å². The van der Waals surface area contributed by atoms with Gasteiger partial charge in [0, 0.05) is 13.1 Å². The third kappa shape index (κ3) is 4.68. The van der Waals surface area contributed by atoms with Crippen LogP contribution in [0.1, 0.15) is 32.4 Å². The van der Waals surface area contributed by atoms with Gasteiger partial charge >= 0.3 is 12.1 Å².